The smallest absolute Gasteiger partial charge is 0.323 e. The molecule has 4 N–H and O–H groups in total. The number of pyridine rings is 2. The molecule has 168 valence electrons. The van der Waals surface area contributed by atoms with Crippen molar-refractivity contribution in [3.05, 3.63) is 78.9 Å². The van der Waals surface area contributed by atoms with E-state index in [4.69, 9.17) is 0 Å². The fourth-order valence-corrected chi connectivity index (χ4v) is 4.21. The predicted octanol–water partition coefficient (Wildman–Crippen LogP) is 4.90. The Morgan fingerprint density at radius 1 is 1.06 bits per heavy atom. The average Bonchev–Trinajstić information content (AvgIpc) is 3.52. The van der Waals surface area contributed by atoms with Crippen LogP contribution in [-0.2, 0) is 0 Å². The second kappa shape index (κ2) is 8.36. The van der Waals surface area contributed by atoms with Crippen molar-refractivity contribution in [1.29, 1.82) is 0 Å². The number of H-pyrrole nitrogens is 2. The van der Waals surface area contributed by atoms with Gasteiger partial charge < -0.3 is 15.2 Å². The highest BCUT2D eigenvalue weighted by molar-refractivity contribution is 5.95. The highest BCUT2D eigenvalue weighted by Gasteiger charge is 2.20. The van der Waals surface area contributed by atoms with Crippen LogP contribution in [0.5, 0.6) is 0 Å². The number of fused-ring (bicyclic) bond motifs is 2. The summed E-state index contributed by atoms with van der Waals surface area (Å²) in [7, 11) is 0. The summed E-state index contributed by atoms with van der Waals surface area (Å²) in [4.78, 5) is 26.4. The Morgan fingerprint density at radius 2 is 2.03 bits per heavy atom. The topological polar surface area (TPSA) is 115 Å². The summed E-state index contributed by atoms with van der Waals surface area (Å²) in [6, 6.07) is 15.5. The van der Waals surface area contributed by atoms with E-state index in [0.717, 1.165) is 45.4 Å². The number of aromatic amines is 2. The SMILES string of the molecule is O=C(Nc1ccccn1)N1CC=C(c2cc3c(Nc4ccc5[nH]ncc5c4)ccnc3[nH]2)CC1. The molecule has 0 unspecified atom stereocenters. The largest absolute Gasteiger partial charge is 0.355 e. The maximum atomic E-state index is 12.5. The monoisotopic (exact) mass is 450 g/mol. The van der Waals surface area contributed by atoms with E-state index < -0.39 is 0 Å². The van der Waals surface area contributed by atoms with Crippen molar-refractivity contribution < 1.29 is 4.79 Å². The van der Waals surface area contributed by atoms with E-state index in [1.165, 1.54) is 5.57 Å². The van der Waals surface area contributed by atoms with E-state index in [-0.39, 0.29) is 6.03 Å². The van der Waals surface area contributed by atoms with E-state index in [0.29, 0.717) is 18.9 Å². The van der Waals surface area contributed by atoms with E-state index in [1.807, 2.05) is 36.5 Å². The highest BCUT2D eigenvalue weighted by Crippen LogP contribution is 2.31. The first-order valence-corrected chi connectivity index (χ1v) is 11.1. The fourth-order valence-electron chi connectivity index (χ4n) is 4.21. The number of nitrogens with one attached hydrogen (secondary N) is 4. The van der Waals surface area contributed by atoms with Crippen molar-refractivity contribution in [2.75, 3.05) is 23.7 Å². The number of urea groups is 1. The standard InChI is InChI=1S/C25H22N8O/c34-25(31-23-3-1-2-9-26-23)33-11-7-16(8-12-33)22-14-19-21(6-10-27-24(19)30-22)29-18-4-5-20-17(13-18)15-28-32-20/h1-7,9-10,13-15H,8,11-12H2,(H,28,32)(H,26,31,34)(H2,27,29,30). The minimum absolute atomic E-state index is 0.145. The predicted molar refractivity (Wildman–Crippen MR) is 133 cm³/mol. The van der Waals surface area contributed by atoms with Crippen LogP contribution in [0.4, 0.5) is 22.0 Å². The second-order valence-corrected chi connectivity index (χ2v) is 8.17. The number of aromatic nitrogens is 5. The van der Waals surface area contributed by atoms with Crippen LogP contribution in [0, 0.1) is 0 Å². The molecule has 6 rings (SSSR count). The molecular weight excluding hydrogens is 428 g/mol. The van der Waals surface area contributed by atoms with Crippen molar-refractivity contribution in [2.45, 2.75) is 6.42 Å². The van der Waals surface area contributed by atoms with Gasteiger partial charge in [-0.15, -0.1) is 0 Å². The van der Waals surface area contributed by atoms with Crippen molar-refractivity contribution in [3.8, 4) is 0 Å². The van der Waals surface area contributed by atoms with E-state index in [9.17, 15) is 4.79 Å². The van der Waals surface area contributed by atoms with Crippen LogP contribution in [0.2, 0.25) is 0 Å². The quantitative estimate of drug-likeness (QED) is 0.311. The molecule has 0 bridgehead atoms. The molecule has 4 aromatic heterocycles. The molecule has 0 saturated carbocycles. The van der Waals surface area contributed by atoms with Gasteiger partial charge in [0.2, 0.25) is 0 Å². The third-order valence-electron chi connectivity index (χ3n) is 5.99. The van der Waals surface area contributed by atoms with Gasteiger partial charge in [-0.05, 0) is 54.5 Å². The van der Waals surface area contributed by atoms with Crippen LogP contribution < -0.4 is 10.6 Å². The number of nitrogens with zero attached hydrogens (tertiary/aromatic N) is 4. The first-order chi connectivity index (χ1) is 16.7. The van der Waals surface area contributed by atoms with Gasteiger partial charge in [-0.1, -0.05) is 12.1 Å². The van der Waals surface area contributed by atoms with Crippen molar-refractivity contribution in [2.24, 2.45) is 0 Å². The van der Waals surface area contributed by atoms with Crippen LogP contribution in [0.25, 0.3) is 27.5 Å². The molecule has 5 heterocycles. The average molecular weight is 451 g/mol. The van der Waals surface area contributed by atoms with Gasteiger partial charge in [0.05, 0.1) is 17.4 Å². The maximum absolute atomic E-state index is 12.5. The van der Waals surface area contributed by atoms with E-state index in [1.54, 1.807) is 23.4 Å². The zero-order chi connectivity index (χ0) is 22.9. The van der Waals surface area contributed by atoms with E-state index >= 15 is 0 Å². The first-order valence-electron chi connectivity index (χ1n) is 11.1. The molecule has 34 heavy (non-hydrogen) atoms. The molecule has 1 aliphatic rings. The number of carbonyl (C=O) groups excluding carboxylic acids is 1. The lowest BCUT2D eigenvalue weighted by atomic mass is 10.0. The van der Waals surface area contributed by atoms with E-state index in [2.05, 4.69) is 54.0 Å². The van der Waals surface area contributed by atoms with Gasteiger partial charge in [0.1, 0.15) is 11.5 Å². The lowest BCUT2D eigenvalue weighted by Gasteiger charge is -2.26. The summed E-state index contributed by atoms with van der Waals surface area (Å²) in [5, 5.41) is 15.5. The third kappa shape index (κ3) is 3.83. The summed E-state index contributed by atoms with van der Waals surface area (Å²) in [6.07, 6.45) is 8.11. The number of benzene rings is 1. The Bertz CT molecular complexity index is 1520. The summed E-state index contributed by atoms with van der Waals surface area (Å²) >= 11 is 0. The Kier molecular flexibility index (Phi) is 4.91. The van der Waals surface area contributed by atoms with Gasteiger partial charge in [-0.2, -0.15) is 5.10 Å². The molecule has 0 radical (unpaired) electrons. The van der Waals surface area contributed by atoms with Crippen molar-refractivity contribution >= 4 is 50.7 Å². The molecule has 5 aromatic rings. The lowest BCUT2D eigenvalue weighted by molar-refractivity contribution is 0.217. The van der Waals surface area contributed by atoms with Crippen molar-refractivity contribution in [3.63, 3.8) is 0 Å². The normalized spacial score (nSPS) is 13.8. The van der Waals surface area contributed by atoms with Gasteiger partial charge in [0, 0.05) is 47.6 Å². The molecule has 0 aliphatic carbocycles. The molecule has 1 aromatic carbocycles. The Balaban J connectivity index is 1.20. The maximum Gasteiger partial charge on any atom is 0.323 e. The van der Waals surface area contributed by atoms with Gasteiger partial charge in [0.25, 0.3) is 0 Å². The van der Waals surface area contributed by atoms with Crippen LogP contribution >= 0.6 is 0 Å². The fraction of sp³-hybridized carbons (Fsp3) is 0.120. The molecule has 0 fully saturated rings. The molecule has 0 saturated heterocycles. The zero-order valence-corrected chi connectivity index (χ0v) is 18.2. The molecule has 1 aliphatic heterocycles. The molecular formula is C25H22N8O. The Hall–Kier alpha value is -4.66. The lowest BCUT2D eigenvalue weighted by Crippen LogP contribution is -2.38. The van der Waals surface area contributed by atoms with Crippen molar-refractivity contribution in [1.82, 2.24) is 30.0 Å². The molecule has 0 spiro atoms. The molecule has 9 heteroatoms. The summed E-state index contributed by atoms with van der Waals surface area (Å²) in [5.74, 6) is 0.552. The molecule has 2 amide bonds. The minimum atomic E-state index is -0.145. The molecule has 9 nitrogen and oxygen atoms in total. The third-order valence-corrected chi connectivity index (χ3v) is 5.99. The first kappa shape index (κ1) is 20.0. The molecule has 0 atom stereocenters. The Labute approximate surface area is 194 Å². The second-order valence-electron chi connectivity index (χ2n) is 8.17. The van der Waals surface area contributed by atoms with Crippen LogP contribution in [0.3, 0.4) is 0 Å². The summed E-state index contributed by atoms with van der Waals surface area (Å²) < 4.78 is 0. The Morgan fingerprint density at radius 3 is 2.88 bits per heavy atom. The number of hydrogen-bond acceptors (Lipinski definition) is 5. The minimum Gasteiger partial charge on any atom is -0.355 e. The highest BCUT2D eigenvalue weighted by atomic mass is 16.2. The van der Waals surface area contributed by atoms with Gasteiger partial charge >= 0.3 is 6.03 Å². The van der Waals surface area contributed by atoms with Crippen LogP contribution in [0.15, 0.2) is 73.2 Å². The van der Waals surface area contributed by atoms with Gasteiger partial charge in [0.15, 0.2) is 0 Å². The van der Waals surface area contributed by atoms with Gasteiger partial charge in [-0.3, -0.25) is 10.4 Å². The number of hydrogen-bond donors (Lipinski definition) is 4. The zero-order valence-electron chi connectivity index (χ0n) is 18.2. The van der Waals surface area contributed by atoms with Crippen LogP contribution in [0.1, 0.15) is 12.1 Å². The number of amides is 2. The summed E-state index contributed by atoms with van der Waals surface area (Å²) in [5.41, 5.74) is 5.97. The number of anilines is 3. The van der Waals surface area contributed by atoms with Crippen LogP contribution in [-0.4, -0.2) is 49.2 Å². The summed E-state index contributed by atoms with van der Waals surface area (Å²) in [6.45, 7) is 1.16. The van der Waals surface area contributed by atoms with Gasteiger partial charge in [-0.25, -0.2) is 14.8 Å². The number of carbonyl (C=O) groups is 1. The number of rotatable bonds is 4.